The normalized spacial score (nSPS) is 13.4. The summed E-state index contributed by atoms with van der Waals surface area (Å²) in [4.78, 5) is 19.9. The number of anilines is 1. The molecule has 0 saturated carbocycles. The Balaban J connectivity index is 2.61. The Labute approximate surface area is 127 Å². The van der Waals surface area contributed by atoms with Crippen LogP contribution in [0.2, 0.25) is 0 Å². The van der Waals surface area contributed by atoms with E-state index in [-0.39, 0.29) is 25.6 Å². The SMILES string of the molecule is CCOP(=O)(C=C[C@@H](O)COn1ccc(N)nc1=O)OCC. The van der Waals surface area contributed by atoms with Gasteiger partial charge in [0.15, 0.2) is 0 Å². The molecule has 0 radical (unpaired) electrons. The second-order valence-corrected chi connectivity index (χ2v) is 5.94. The number of aromatic nitrogens is 2. The lowest BCUT2D eigenvalue weighted by Gasteiger charge is -2.14. The monoisotopic (exact) mass is 333 g/mol. The zero-order chi connectivity index (χ0) is 16.6. The molecule has 0 bridgehead atoms. The van der Waals surface area contributed by atoms with E-state index in [4.69, 9.17) is 19.6 Å². The van der Waals surface area contributed by atoms with Crippen LogP contribution in [0.4, 0.5) is 5.82 Å². The van der Waals surface area contributed by atoms with E-state index in [1.807, 2.05) is 0 Å². The van der Waals surface area contributed by atoms with Gasteiger partial charge in [0.1, 0.15) is 18.5 Å². The minimum Gasteiger partial charge on any atom is -0.406 e. The van der Waals surface area contributed by atoms with Gasteiger partial charge in [-0.3, -0.25) is 4.57 Å². The number of nitrogens with zero attached hydrogens (tertiary/aromatic N) is 2. The minimum atomic E-state index is -3.38. The van der Waals surface area contributed by atoms with Gasteiger partial charge in [0.05, 0.1) is 19.4 Å². The van der Waals surface area contributed by atoms with E-state index in [0.717, 1.165) is 10.5 Å². The summed E-state index contributed by atoms with van der Waals surface area (Å²) in [6.45, 7) is 3.53. The molecule has 0 saturated heterocycles. The van der Waals surface area contributed by atoms with E-state index in [0.29, 0.717) is 0 Å². The molecule has 1 aromatic heterocycles. The van der Waals surface area contributed by atoms with Crippen molar-refractivity contribution in [2.75, 3.05) is 25.6 Å². The van der Waals surface area contributed by atoms with E-state index in [1.165, 1.54) is 18.3 Å². The Morgan fingerprint density at radius 1 is 1.45 bits per heavy atom. The molecule has 0 aliphatic heterocycles. The van der Waals surface area contributed by atoms with Crippen molar-refractivity contribution in [1.29, 1.82) is 0 Å². The maximum Gasteiger partial charge on any atom is 0.382 e. The molecule has 0 unspecified atom stereocenters. The molecule has 1 rings (SSSR count). The number of aliphatic hydroxyl groups excluding tert-OH is 1. The second kappa shape index (κ2) is 8.70. The third-order valence-corrected chi connectivity index (χ3v) is 4.06. The maximum absolute atomic E-state index is 12.1. The standard InChI is InChI=1S/C12H20N3O6P/c1-3-20-22(18,21-4-2)8-6-10(16)9-19-15-7-5-11(13)14-12(15)17/h5-8,10,16H,3-4,9H2,1-2H3,(H2,13,14,17)/t10-/m1/s1. The predicted molar refractivity (Wildman–Crippen MR) is 80.4 cm³/mol. The number of aliphatic hydroxyl groups is 1. The van der Waals surface area contributed by atoms with Crippen molar-refractivity contribution in [3.8, 4) is 0 Å². The molecule has 1 aromatic rings. The summed E-state index contributed by atoms with van der Waals surface area (Å²) in [5.74, 6) is 1.23. The van der Waals surface area contributed by atoms with Gasteiger partial charge in [0.2, 0.25) is 0 Å². The Kier molecular flexibility index (Phi) is 7.26. The highest BCUT2D eigenvalue weighted by atomic mass is 31.2. The Bertz CT molecular complexity index is 593. The van der Waals surface area contributed by atoms with Gasteiger partial charge in [0.25, 0.3) is 0 Å². The van der Waals surface area contributed by atoms with Crippen molar-refractivity contribution >= 4 is 13.4 Å². The molecule has 0 fully saturated rings. The highest BCUT2D eigenvalue weighted by Crippen LogP contribution is 2.49. The summed E-state index contributed by atoms with van der Waals surface area (Å²) in [6, 6.07) is 1.38. The van der Waals surface area contributed by atoms with Crippen LogP contribution in [0.5, 0.6) is 0 Å². The van der Waals surface area contributed by atoms with Crippen molar-refractivity contribution in [1.82, 2.24) is 9.71 Å². The fourth-order valence-corrected chi connectivity index (χ4v) is 2.78. The van der Waals surface area contributed by atoms with E-state index < -0.39 is 19.4 Å². The van der Waals surface area contributed by atoms with Gasteiger partial charge in [-0.2, -0.15) is 4.98 Å². The molecule has 0 aliphatic carbocycles. The maximum atomic E-state index is 12.1. The van der Waals surface area contributed by atoms with Gasteiger partial charge in [-0.1, -0.05) is 0 Å². The zero-order valence-electron chi connectivity index (χ0n) is 12.4. The molecule has 0 spiro atoms. The molecule has 1 heterocycles. The van der Waals surface area contributed by atoms with Gasteiger partial charge in [-0.05, 0) is 19.9 Å². The number of hydrogen-bond acceptors (Lipinski definition) is 8. The van der Waals surface area contributed by atoms with Crippen molar-refractivity contribution < 1.29 is 23.6 Å². The average molecular weight is 333 g/mol. The van der Waals surface area contributed by atoms with E-state index in [9.17, 15) is 14.5 Å². The van der Waals surface area contributed by atoms with Crippen molar-refractivity contribution in [2.24, 2.45) is 0 Å². The molecular weight excluding hydrogens is 313 g/mol. The van der Waals surface area contributed by atoms with Crippen LogP contribution in [0, 0.1) is 0 Å². The number of rotatable bonds is 9. The largest absolute Gasteiger partial charge is 0.406 e. The van der Waals surface area contributed by atoms with Crippen LogP contribution in [-0.4, -0.2) is 40.7 Å². The van der Waals surface area contributed by atoms with Gasteiger partial charge in [-0.15, -0.1) is 4.73 Å². The van der Waals surface area contributed by atoms with Crippen molar-refractivity contribution in [3.63, 3.8) is 0 Å². The Hall–Kier alpha value is -1.67. The first kappa shape index (κ1) is 18.4. The smallest absolute Gasteiger partial charge is 0.382 e. The van der Waals surface area contributed by atoms with Crippen LogP contribution >= 0.6 is 7.60 Å². The third-order valence-electron chi connectivity index (χ3n) is 2.29. The van der Waals surface area contributed by atoms with Crippen LogP contribution in [0.25, 0.3) is 0 Å². The lowest BCUT2D eigenvalue weighted by Crippen LogP contribution is -2.32. The summed E-state index contributed by atoms with van der Waals surface area (Å²) in [7, 11) is -3.38. The first-order valence-corrected chi connectivity index (χ1v) is 8.26. The summed E-state index contributed by atoms with van der Waals surface area (Å²) >= 11 is 0. The topological polar surface area (TPSA) is 126 Å². The van der Waals surface area contributed by atoms with E-state index in [1.54, 1.807) is 13.8 Å². The van der Waals surface area contributed by atoms with Gasteiger partial charge < -0.3 is 24.7 Å². The fraction of sp³-hybridized carbons (Fsp3) is 0.500. The lowest BCUT2D eigenvalue weighted by molar-refractivity contribution is 0.0399. The van der Waals surface area contributed by atoms with Crippen LogP contribution < -0.4 is 16.3 Å². The Morgan fingerprint density at radius 3 is 2.64 bits per heavy atom. The quantitative estimate of drug-likeness (QED) is 0.622. The summed E-state index contributed by atoms with van der Waals surface area (Å²) in [5.41, 5.74) is 4.63. The van der Waals surface area contributed by atoms with Crippen LogP contribution in [-0.2, 0) is 13.6 Å². The molecule has 9 nitrogen and oxygen atoms in total. The van der Waals surface area contributed by atoms with Crippen LogP contribution in [0.1, 0.15) is 13.8 Å². The Morgan fingerprint density at radius 2 is 2.09 bits per heavy atom. The molecule has 0 aromatic carbocycles. The fourth-order valence-electron chi connectivity index (χ4n) is 1.40. The first-order valence-electron chi connectivity index (χ1n) is 6.65. The number of hydrogen-bond donors (Lipinski definition) is 2. The average Bonchev–Trinajstić information content (AvgIpc) is 2.45. The van der Waals surface area contributed by atoms with Gasteiger partial charge in [-0.25, -0.2) is 4.79 Å². The molecule has 0 aliphatic rings. The molecule has 10 heteroatoms. The zero-order valence-corrected chi connectivity index (χ0v) is 13.3. The van der Waals surface area contributed by atoms with E-state index in [2.05, 4.69) is 4.98 Å². The summed E-state index contributed by atoms with van der Waals surface area (Å²) < 4.78 is 23.0. The molecule has 0 amide bonds. The first-order chi connectivity index (χ1) is 10.4. The predicted octanol–water partition coefficient (Wildman–Crippen LogP) is 0.395. The van der Waals surface area contributed by atoms with Crippen LogP contribution in [0.3, 0.4) is 0 Å². The summed E-state index contributed by atoms with van der Waals surface area (Å²) in [6.07, 6.45) is 1.40. The van der Waals surface area contributed by atoms with Crippen molar-refractivity contribution in [3.05, 3.63) is 34.6 Å². The van der Waals surface area contributed by atoms with Crippen LogP contribution in [0.15, 0.2) is 29.0 Å². The molecule has 3 N–H and O–H groups in total. The molecule has 124 valence electrons. The molecule has 1 atom stereocenters. The molecule has 22 heavy (non-hydrogen) atoms. The summed E-state index contributed by atoms with van der Waals surface area (Å²) in [5, 5.41) is 9.75. The molecular formula is C12H20N3O6P. The highest BCUT2D eigenvalue weighted by Gasteiger charge is 2.19. The number of nitrogen functional groups attached to an aromatic ring is 1. The lowest BCUT2D eigenvalue weighted by atomic mass is 10.4. The van der Waals surface area contributed by atoms with E-state index >= 15 is 0 Å². The number of nitrogens with two attached hydrogens (primary N) is 1. The second-order valence-electron chi connectivity index (χ2n) is 4.04. The van der Waals surface area contributed by atoms with Gasteiger partial charge >= 0.3 is 13.3 Å². The third kappa shape index (κ3) is 5.98. The highest BCUT2D eigenvalue weighted by molar-refractivity contribution is 7.57. The van der Waals surface area contributed by atoms with Crippen molar-refractivity contribution in [2.45, 2.75) is 20.0 Å². The van der Waals surface area contributed by atoms with Gasteiger partial charge in [0, 0.05) is 11.9 Å². The minimum absolute atomic E-state index is 0.0691.